The van der Waals surface area contributed by atoms with Gasteiger partial charge >= 0.3 is 0 Å². The number of hydroxylamine groups is 1. The summed E-state index contributed by atoms with van der Waals surface area (Å²) >= 11 is 1.55. The van der Waals surface area contributed by atoms with Gasteiger partial charge in [-0.25, -0.2) is 5.48 Å². The molecule has 0 aliphatic carbocycles. The molecule has 27 heavy (non-hydrogen) atoms. The number of thiophene rings is 1. The van der Waals surface area contributed by atoms with E-state index < -0.39 is 6.10 Å². The second kappa shape index (κ2) is 12.1. The summed E-state index contributed by atoms with van der Waals surface area (Å²) in [7, 11) is 1.36. The summed E-state index contributed by atoms with van der Waals surface area (Å²) in [5.41, 5.74) is 2.17. The van der Waals surface area contributed by atoms with Crippen LogP contribution in [0, 0.1) is 0 Å². The van der Waals surface area contributed by atoms with Crippen LogP contribution in [0.5, 0.6) is 17.2 Å². The fourth-order valence-corrected chi connectivity index (χ4v) is 2.59. The van der Waals surface area contributed by atoms with E-state index in [1.54, 1.807) is 35.6 Å². The number of carbonyl (C=O) groups is 1. The van der Waals surface area contributed by atoms with Crippen molar-refractivity contribution < 1.29 is 28.9 Å². The summed E-state index contributed by atoms with van der Waals surface area (Å²) in [6, 6.07) is 8.81. The Morgan fingerprint density at radius 3 is 2.52 bits per heavy atom. The van der Waals surface area contributed by atoms with Gasteiger partial charge in [0.05, 0.1) is 7.11 Å². The third kappa shape index (κ3) is 8.74. The van der Waals surface area contributed by atoms with Crippen LogP contribution in [0.1, 0.15) is 0 Å². The second-order valence-electron chi connectivity index (χ2n) is 5.47. The maximum absolute atomic E-state index is 11.2. The number of rotatable bonds is 13. The van der Waals surface area contributed by atoms with Crippen molar-refractivity contribution in [3.05, 3.63) is 41.1 Å². The van der Waals surface area contributed by atoms with Gasteiger partial charge < -0.3 is 24.6 Å². The highest BCUT2D eigenvalue weighted by atomic mass is 32.1. The molecule has 2 aromatic rings. The Morgan fingerprint density at radius 1 is 1.11 bits per heavy atom. The van der Waals surface area contributed by atoms with E-state index in [0.29, 0.717) is 31.2 Å². The van der Waals surface area contributed by atoms with Gasteiger partial charge in [-0.3, -0.25) is 9.63 Å². The molecule has 0 radical (unpaired) electrons. The van der Waals surface area contributed by atoms with E-state index in [1.807, 2.05) is 16.8 Å². The van der Waals surface area contributed by atoms with Gasteiger partial charge in [-0.15, -0.1) is 11.3 Å². The van der Waals surface area contributed by atoms with Crippen LogP contribution >= 0.6 is 11.3 Å². The highest BCUT2D eigenvalue weighted by Crippen LogP contribution is 2.17. The average Bonchev–Trinajstić information content (AvgIpc) is 3.19. The molecule has 1 aromatic heterocycles. The molecule has 148 valence electrons. The third-order valence-electron chi connectivity index (χ3n) is 3.27. The molecular weight excluding hydrogens is 372 g/mol. The molecule has 1 atom stereocenters. The van der Waals surface area contributed by atoms with Crippen LogP contribution in [0.4, 0.5) is 0 Å². The molecular formula is C18H24N2O6S. The Labute approximate surface area is 162 Å². The lowest BCUT2D eigenvalue weighted by atomic mass is 10.3. The number of carbonyl (C=O) groups excluding carboxylic acids is 1. The summed E-state index contributed by atoms with van der Waals surface area (Å²) in [6.45, 7) is 1.58. The summed E-state index contributed by atoms with van der Waals surface area (Å²) in [5.74, 6) is 1.65. The molecule has 8 nitrogen and oxygen atoms in total. The highest BCUT2D eigenvalue weighted by Gasteiger charge is 2.05. The van der Waals surface area contributed by atoms with Crippen LogP contribution in [-0.4, -0.2) is 57.1 Å². The van der Waals surface area contributed by atoms with Crippen LogP contribution in [0.3, 0.4) is 0 Å². The molecule has 1 unspecified atom stereocenters. The molecule has 0 spiro atoms. The van der Waals surface area contributed by atoms with Gasteiger partial charge in [-0.1, -0.05) is 0 Å². The normalized spacial score (nSPS) is 11.6. The number of aliphatic hydroxyl groups is 1. The smallest absolute Gasteiger partial charge is 0.281 e. The van der Waals surface area contributed by atoms with Crippen LogP contribution in [0.25, 0.3) is 0 Å². The van der Waals surface area contributed by atoms with Crippen molar-refractivity contribution in [1.29, 1.82) is 0 Å². The van der Waals surface area contributed by atoms with E-state index >= 15 is 0 Å². The number of hydrogen-bond acceptors (Lipinski definition) is 8. The molecule has 0 aliphatic heterocycles. The van der Waals surface area contributed by atoms with Gasteiger partial charge in [0.1, 0.15) is 36.6 Å². The second-order valence-corrected chi connectivity index (χ2v) is 6.25. The van der Waals surface area contributed by atoms with Gasteiger partial charge in [0.2, 0.25) is 0 Å². The molecule has 0 saturated heterocycles. The third-order valence-corrected chi connectivity index (χ3v) is 3.94. The monoisotopic (exact) mass is 396 g/mol. The maximum atomic E-state index is 11.2. The number of aliphatic hydroxyl groups excluding tert-OH is 1. The fraction of sp³-hybridized carbons (Fsp3) is 0.389. The SMILES string of the molecule is CONC(=O)COc1ccc(OCCNCC(O)COc2ccsc2)cc1. The van der Waals surface area contributed by atoms with Crippen molar-refractivity contribution in [1.82, 2.24) is 10.8 Å². The predicted molar refractivity (Wildman–Crippen MR) is 101 cm³/mol. The lowest BCUT2D eigenvalue weighted by molar-refractivity contribution is -0.133. The minimum absolute atomic E-state index is 0.129. The first-order valence-electron chi connectivity index (χ1n) is 8.38. The van der Waals surface area contributed by atoms with Gasteiger partial charge in [-0.2, -0.15) is 0 Å². The zero-order chi connectivity index (χ0) is 19.3. The van der Waals surface area contributed by atoms with E-state index in [2.05, 4.69) is 15.6 Å². The summed E-state index contributed by atoms with van der Waals surface area (Å²) < 4.78 is 16.3. The number of ether oxygens (including phenoxy) is 3. The number of benzene rings is 1. The maximum Gasteiger partial charge on any atom is 0.281 e. The zero-order valence-electron chi connectivity index (χ0n) is 15.1. The van der Waals surface area contributed by atoms with Gasteiger partial charge in [0.15, 0.2) is 6.61 Å². The Hall–Kier alpha value is -2.33. The van der Waals surface area contributed by atoms with E-state index in [0.717, 1.165) is 5.75 Å². The van der Waals surface area contributed by atoms with Gasteiger partial charge in [0.25, 0.3) is 5.91 Å². The molecule has 0 fully saturated rings. The van der Waals surface area contributed by atoms with Crippen LogP contribution in [0.2, 0.25) is 0 Å². The van der Waals surface area contributed by atoms with E-state index in [4.69, 9.17) is 14.2 Å². The number of nitrogens with one attached hydrogen (secondary N) is 2. The van der Waals surface area contributed by atoms with Crippen molar-refractivity contribution in [3.63, 3.8) is 0 Å². The number of hydrogen-bond donors (Lipinski definition) is 3. The van der Waals surface area contributed by atoms with E-state index in [9.17, 15) is 9.90 Å². The fourth-order valence-electron chi connectivity index (χ4n) is 2.02. The van der Waals surface area contributed by atoms with Crippen molar-refractivity contribution in [2.24, 2.45) is 0 Å². The van der Waals surface area contributed by atoms with E-state index in [1.165, 1.54) is 7.11 Å². The molecule has 0 aliphatic rings. The summed E-state index contributed by atoms with van der Waals surface area (Å²) in [4.78, 5) is 15.7. The molecule has 9 heteroatoms. The van der Waals surface area contributed by atoms with Crippen molar-refractivity contribution in [2.75, 3.05) is 40.0 Å². The first-order valence-corrected chi connectivity index (χ1v) is 9.33. The molecule has 3 N–H and O–H groups in total. The standard InChI is InChI=1S/C18H24N2O6S/c1-23-20-18(22)12-26-16-4-2-15(3-5-16)24-8-7-19-10-14(21)11-25-17-6-9-27-13-17/h2-6,9,13-14,19,21H,7-8,10-12H2,1H3,(H,20,22). The Balaban J connectivity index is 1.54. The molecule has 1 heterocycles. The Kier molecular flexibility index (Phi) is 9.42. The largest absolute Gasteiger partial charge is 0.492 e. The average molecular weight is 396 g/mol. The van der Waals surface area contributed by atoms with Crippen LogP contribution < -0.4 is 25.0 Å². The van der Waals surface area contributed by atoms with E-state index in [-0.39, 0.29) is 19.1 Å². The molecule has 1 amide bonds. The molecule has 1 aromatic carbocycles. The highest BCUT2D eigenvalue weighted by molar-refractivity contribution is 7.08. The van der Waals surface area contributed by atoms with Crippen LogP contribution in [0.15, 0.2) is 41.1 Å². The molecule has 0 bridgehead atoms. The van der Waals surface area contributed by atoms with Crippen molar-refractivity contribution >= 4 is 17.2 Å². The summed E-state index contributed by atoms with van der Waals surface area (Å²) in [5, 5.41) is 16.8. The predicted octanol–water partition coefficient (Wildman–Crippen LogP) is 1.21. The zero-order valence-corrected chi connectivity index (χ0v) is 15.9. The quantitative estimate of drug-likeness (QED) is 0.346. The van der Waals surface area contributed by atoms with Crippen molar-refractivity contribution in [2.45, 2.75) is 6.10 Å². The first kappa shape index (κ1) is 21.0. The first-order chi connectivity index (χ1) is 13.2. The molecule has 2 rings (SSSR count). The Morgan fingerprint density at radius 2 is 1.85 bits per heavy atom. The number of amides is 1. The Bertz CT molecular complexity index is 650. The van der Waals surface area contributed by atoms with Crippen molar-refractivity contribution in [3.8, 4) is 17.2 Å². The summed E-state index contributed by atoms with van der Waals surface area (Å²) in [6.07, 6.45) is -0.586. The van der Waals surface area contributed by atoms with Gasteiger partial charge in [0, 0.05) is 18.5 Å². The van der Waals surface area contributed by atoms with Crippen LogP contribution in [-0.2, 0) is 9.63 Å². The minimum Gasteiger partial charge on any atom is -0.492 e. The molecule has 0 saturated carbocycles. The lowest BCUT2D eigenvalue weighted by Gasteiger charge is -2.13. The lowest BCUT2D eigenvalue weighted by Crippen LogP contribution is -2.33. The topological polar surface area (TPSA) is 98.3 Å². The minimum atomic E-state index is -0.586. The van der Waals surface area contributed by atoms with Gasteiger partial charge in [-0.05, 0) is 35.7 Å².